The predicted octanol–water partition coefficient (Wildman–Crippen LogP) is 2.00. The number of nitrogens with zero attached hydrogens (tertiary/aromatic N) is 1. The van der Waals surface area contributed by atoms with Gasteiger partial charge in [0.2, 0.25) is 0 Å². The lowest BCUT2D eigenvalue weighted by Crippen LogP contribution is -2.27. The minimum atomic E-state index is -0.531. The van der Waals surface area contributed by atoms with E-state index in [1.165, 1.54) is 13.1 Å². The highest BCUT2D eigenvalue weighted by Gasteiger charge is 2.16. The quantitative estimate of drug-likeness (QED) is 0.605. The number of ether oxygens (including phenoxy) is 2. The molecule has 5 heteroatoms. The summed E-state index contributed by atoms with van der Waals surface area (Å²) in [6.07, 6.45) is 1.40. The van der Waals surface area contributed by atoms with Crippen molar-refractivity contribution in [2.45, 2.75) is 33.3 Å². The maximum Gasteiger partial charge on any atom is 0.344 e. The summed E-state index contributed by atoms with van der Waals surface area (Å²) in [5.41, 5.74) is -0.170. The summed E-state index contributed by atoms with van der Waals surface area (Å²) >= 11 is 0. The monoisotopic (exact) mass is 251 g/mol. The molecule has 0 fully saturated rings. The zero-order chi connectivity index (χ0) is 13.8. The molecule has 0 bridgehead atoms. The van der Waals surface area contributed by atoms with Gasteiger partial charge < -0.3 is 9.47 Å². The molecule has 0 aromatic carbocycles. The number of pyridine rings is 1. The lowest BCUT2D eigenvalue weighted by molar-refractivity contribution is -0.157. The van der Waals surface area contributed by atoms with E-state index in [9.17, 15) is 9.59 Å². The summed E-state index contributed by atoms with van der Waals surface area (Å²) in [4.78, 5) is 26.3. The molecule has 5 nitrogen and oxygen atoms in total. The van der Waals surface area contributed by atoms with Crippen molar-refractivity contribution < 1.29 is 19.1 Å². The van der Waals surface area contributed by atoms with Crippen molar-refractivity contribution in [1.29, 1.82) is 0 Å². The molecular formula is C13H17NO4. The van der Waals surface area contributed by atoms with Crippen LogP contribution in [0, 0.1) is 0 Å². The standard InChI is InChI=1S/C13H17NO4/c1-9(15)11-6-5-10(7-14-11)17-8-12(16)18-13(2,3)4/h5-7H,8H2,1-4H3. The third-order valence-corrected chi connectivity index (χ3v) is 1.87. The molecule has 0 spiro atoms. The number of rotatable bonds is 4. The highest BCUT2D eigenvalue weighted by Crippen LogP contribution is 2.11. The summed E-state index contributed by atoms with van der Waals surface area (Å²) in [6.45, 7) is 6.61. The van der Waals surface area contributed by atoms with E-state index < -0.39 is 11.6 Å². The van der Waals surface area contributed by atoms with Crippen molar-refractivity contribution in [1.82, 2.24) is 4.98 Å². The summed E-state index contributed by atoms with van der Waals surface area (Å²) in [7, 11) is 0. The van der Waals surface area contributed by atoms with Crippen molar-refractivity contribution in [3.63, 3.8) is 0 Å². The molecule has 1 aromatic rings. The number of aromatic nitrogens is 1. The molecule has 0 saturated carbocycles. The Morgan fingerprint density at radius 1 is 1.28 bits per heavy atom. The summed E-state index contributed by atoms with van der Waals surface area (Å²) < 4.78 is 10.3. The molecule has 0 saturated heterocycles. The first kappa shape index (κ1) is 14.2. The van der Waals surface area contributed by atoms with Crippen LogP contribution >= 0.6 is 0 Å². The second-order valence-electron chi connectivity index (χ2n) is 4.81. The zero-order valence-electron chi connectivity index (χ0n) is 11.0. The Morgan fingerprint density at radius 2 is 1.94 bits per heavy atom. The first-order valence-electron chi connectivity index (χ1n) is 5.59. The first-order valence-corrected chi connectivity index (χ1v) is 5.59. The van der Waals surface area contributed by atoms with Crippen molar-refractivity contribution in [2.24, 2.45) is 0 Å². The fourth-order valence-electron chi connectivity index (χ4n) is 1.19. The molecular weight excluding hydrogens is 234 g/mol. The van der Waals surface area contributed by atoms with E-state index in [1.54, 1.807) is 32.9 Å². The number of carbonyl (C=O) groups excluding carboxylic acids is 2. The van der Waals surface area contributed by atoms with Crippen molar-refractivity contribution in [3.8, 4) is 5.75 Å². The van der Waals surface area contributed by atoms with Gasteiger partial charge in [-0.3, -0.25) is 4.79 Å². The van der Waals surface area contributed by atoms with E-state index in [0.717, 1.165) is 0 Å². The molecule has 98 valence electrons. The van der Waals surface area contributed by atoms with Crippen LogP contribution in [0.3, 0.4) is 0 Å². The van der Waals surface area contributed by atoms with Gasteiger partial charge in [0.15, 0.2) is 12.4 Å². The summed E-state index contributed by atoms with van der Waals surface area (Å²) in [6, 6.07) is 3.14. The second-order valence-corrected chi connectivity index (χ2v) is 4.81. The van der Waals surface area contributed by atoms with Gasteiger partial charge in [0.05, 0.1) is 6.20 Å². The van der Waals surface area contributed by atoms with Crippen LogP contribution in [0.1, 0.15) is 38.2 Å². The fourth-order valence-corrected chi connectivity index (χ4v) is 1.19. The van der Waals surface area contributed by atoms with Gasteiger partial charge in [-0.1, -0.05) is 0 Å². The summed E-state index contributed by atoms with van der Waals surface area (Å²) in [5.74, 6) is -0.141. The zero-order valence-corrected chi connectivity index (χ0v) is 11.0. The molecule has 0 N–H and O–H groups in total. The normalized spacial score (nSPS) is 10.9. The van der Waals surface area contributed by atoms with E-state index in [-0.39, 0.29) is 12.4 Å². The van der Waals surface area contributed by atoms with Gasteiger partial charge in [0.25, 0.3) is 0 Å². The Labute approximate surface area is 106 Å². The Hall–Kier alpha value is -1.91. The van der Waals surface area contributed by atoms with Crippen LogP contribution in [0.2, 0.25) is 0 Å². The fraction of sp³-hybridized carbons (Fsp3) is 0.462. The third-order valence-electron chi connectivity index (χ3n) is 1.87. The molecule has 0 radical (unpaired) electrons. The average molecular weight is 251 g/mol. The molecule has 0 atom stereocenters. The average Bonchev–Trinajstić information content (AvgIpc) is 2.24. The number of carbonyl (C=O) groups is 2. The number of hydrogen-bond acceptors (Lipinski definition) is 5. The number of hydrogen-bond donors (Lipinski definition) is 0. The Kier molecular flexibility index (Phi) is 4.42. The van der Waals surface area contributed by atoms with Gasteiger partial charge in [-0.25, -0.2) is 9.78 Å². The van der Waals surface area contributed by atoms with Crippen LogP contribution in [0.25, 0.3) is 0 Å². The number of esters is 1. The molecule has 18 heavy (non-hydrogen) atoms. The maximum atomic E-state index is 11.4. The molecule has 0 aliphatic rings. The Balaban J connectivity index is 2.49. The largest absolute Gasteiger partial charge is 0.480 e. The second kappa shape index (κ2) is 5.62. The highest BCUT2D eigenvalue weighted by molar-refractivity contribution is 5.92. The third kappa shape index (κ3) is 4.95. The van der Waals surface area contributed by atoms with Crippen LogP contribution in [-0.2, 0) is 9.53 Å². The summed E-state index contributed by atoms with van der Waals surface area (Å²) in [5, 5.41) is 0. The molecule has 1 heterocycles. The van der Waals surface area contributed by atoms with E-state index in [4.69, 9.17) is 9.47 Å². The van der Waals surface area contributed by atoms with Crippen molar-refractivity contribution in [3.05, 3.63) is 24.0 Å². The lowest BCUT2D eigenvalue weighted by Gasteiger charge is -2.19. The molecule has 0 unspecified atom stereocenters. The van der Waals surface area contributed by atoms with E-state index in [2.05, 4.69) is 4.98 Å². The van der Waals surface area contributed by atoms with Crippen LogP contribution in [0.5, 0.6) is 5.75 Å². The smallest absolute Gasteiger partial charge is 0.344 e. The maximum absolute atomic E-state index is 11.4. The topological polar surface area (TPSA) is 65.5 Å². The highest BCUT2D eigenvalue weighted by atomic mass is 16.6. The van der Waals surface area contributed by atoms with Crippen molar-refractivity contribution >= 4 is 11.8 Å². The number of ketones is 1. The van der Waals surface area contributed by atoms with E-state index in [0.29, 0.717) is 11.4 Å². The van der Waals surface area contributed by atoms with Crippen molar-refractivity contribution in [2.75, 3.05) is 6.61 Å². The molecule has 0 aliphatic carbocycles. The van der Waals surface area contributed by atoms with Gasteiger partial charge in [-0.15, -0.1) is 0 Å². The molecule has 0 aliphatic heterocycles. The lowest BCUT2D eigenvalue weighted by atomic mass is 10.2. The Morgan fingerprint density at radius 3 is 2.39 bits per heavy atom. The molecule has 1 aromatic heterocycles. The minimum absolute atomic E-state index is 0.117. The minimum Gasteiger partial charge on any atom is -0.480 e. The van der Waals surface area contributed by atoms with Crippen LogP contribution in [0.15, 0.2) is 18.3 Å². The number of Topliss-reactive ketones (excluding diaryl/α,β-unsaturated/α-hetero) is 1. The van der Waals surface area contributed by atoms with Crippen LogP contribution in [-0.4, -0.2) is 28.9 Å². The van der Waals surface area contributed by atoms with E-state index in [1.807, 2.05) is 0 Å². The van der Waals surface area contributed by atoms with Gasteiger partial charge in [-0.05, 0) is 32.9 Å². The molecule has 0 amide bonds. The first-order chi connectivity index (χ1) is 8.28. The molecule has 1 rings (SSSR count). The van der Waals surface area contributed by atoms with E-state index >= 15 is 0 Å². The SMILES string of the molecule is CC(=O)c1ccc(OCC(=O)OC(C)(C)C)cn1. The van der Waals surface area contributed by atoms with Gasteiger partial charge in [-0.2, -0.15) is 0 Å². The van der Waals surface area contributed by atoms with Gasteiger partial charge in [0, 0.05) is 6.92 Å². The van der Waals surface area contributed by atoms with Gasteiger partial charge in [0.1, 0.15) is 17.0 Å². The Bertz CT molecular complexity index is 431. The van der Waals surface area contributed by atoms with Gasteiger partial charge >= 0.3 is 5.97 Å². The van der Waals surface area contributed by atoms with Crippen LogP contribution in [0.4, 0.5) is 0 Å². The predicted molar refractivity (Wildman–Crippen MR) is 65.6 cm³/mol. The van der Waals surface area contributed by atoms with Crippen LogP contribution < -0.4 is 4.74 Å².